The van der Waals surface area contributed by atoms with Gasteiger partial charge in [0.15, 0.2) is 0 Å². The molecule has 0 saturated heterocycles. The predicted octanol–water partition coefficient (Wildman–Crippen LogP) is 4.71. The molecule has 132 valence electrons. The third kappa shape index (κ3) is 3.88. The van der Waals surface area contributed by atoms with Crippen LogP contribution in [0.3, 0.4) is 0 Å². The Balaban J connectivity index is 1.74. The molecule has 0 bridgehead atoms. The number of carbonyl (C=O) groups excluding carboxylic acids is 1. The lowest BCUT2D eigenvalue weighted by Gasteiger charge is -2.12. The Kier molecular flexibility index (Phi) is 4.98. The van der Waals surface area contributed by atoms with Gasteiger partial charge in [-0.25, -0.2) is 9.97 Å². The van der Waals surface area contributed by atoms with E-state index in [1.54, 1.807) is 0 Å². The van der Waals surface area contributed by atoms with E-state index >= 15 is 0 Å². The summed E-state index contributed by atoms with van der Waals surface area (Å²) in [5, 5.41) is 6.12. The van der Waals surface area contributed by atoms with Crippen LogP contribution in [0, 0.1) is 27.7 Å². The molecule has 2 aromatic carbocycles. The van der Waals surface area contributed by atoms with E-state index in [1.807, 2.05) is 64.1 Å². The van der Waals surface area contributed by atoms with Crippen LogP contribution in [0.4, 0.5) is 17.3 Å². The minimum Gasteiger partial charge on any atom is -0.324 e. The zero-order chi connectivity index (χ0) is 18.7. The van der Waals surface area contributed by atoms with E-state index in [0.29, 0.717) is 11.5 Å². The first-order valence-corrected chi connectivity index (χ1v) is 8.48. The van der Waals surface area contributed by atoms with Gasteiger partial charge in [-0.2, -0.15) is 0 Å². The fraction of sp³-hybridized carbons (Fsp3) is 0.190. The lowest BCUT2D eigenvalue weighted by atomic mass is 10.1. The lowest BCUT2D eigenvalue weighted by molar-refractivity contribution is 0.102. The van der Waals surface area contributed by atoms with Crippen LogP contribution in [0.15, 0.2) is 48.8 Å². The maximum absolute atomic E-state index is 12.4. The van der Waals surface area contributed by atoms with Gasteiger partial charge >= 0.3 is 0 Å². The molecule has 1 aromatic heterocycles. The SMILES string of the molecule is Cc1ccc(NC(=O)c2cnc(Nc3c(C)cccc3C)nc2)c(C)c1. The lowest BCUT2D eigenvalue weighted by Crippen LogP contribution is -2.14. The van der Waals surface area contributed by atoms with E-state index in [0.717, 1.165) is 33.6 Å². The van der Waals surface area contributed by atoms with E-state index in [-0.39, 0.29) is 5.91 Å². The molecule has 26 heavy (non-hydrogen) atoms. The fourth-order valence-electron chi connectivity index (χ4n) is 2.78. The van der Waals surface area contributed by atoms with E-state index in [1.165, 1.54) is 12.4 Å². The molecular weight excluding hydrogens is 324 g/mol. The van der Waals surface area contributed by atoms with E-state index in [2.05, 4.69) is 20.6 Å². The molecule has 3 aromatic rings. The second kappa shape index (κ2) is 7.35. The third-order valence-electron chi connectivity index (χ3n) is 4.26. The number of aryl methyl sites for hydroxylation is 4. The molecule has 0 unspecified atom stereocenters. The molecule has 1 amide bonds. The second-order valence-corrected chi connectivity index (χ2v) is 6.46. The van der Waals surface area contributed by atoms with Crippen molar-refractivity contribution < 1.29 is 4.79 Å². The van der Waals surface area contributed by atoms with E-state index in [4.69, 9.17) is 0 Å². The van der Waals surface area contributed by atoms with Crippen LogP contribution in [-0.2, 0) is 0 Å². The smallest absolute Gasteiger partial charge is 0.258 e. The van der Waals surface area contributed by atoms with Gasteiger partial charge in [-0.1, -0.05) is 35.9 Å². The van der Waals surface area contributed by atoms with Gasteiger partial charge in [-0.15, -0.1) is 0 Å². The van der Waals surface area contributed by atoms with Crippen LogP contribution in [-0.4, -0.2) is 15.9 Å². The average Bonchev–Trinajstić information content (AvgIpc) is 2.61. The number of hydrogen-bond acceptors (Lipinski definition) is 4. The van der Waals surface area contributed by atoms with Gasteiger partial charge in [0.05, 0.1) is 5.56 Å². The summed E-state index contributed by atoms with van der Waals surface area (Å²) >= 11 is 0. The van der Waals surface area contributed by atoms with Gasteiger partial charge < -0.3 is 10.6 Å². The Morgan fingerprint density at radius 1 is 0.885 bits per heavy atom. The second-order valence-electron chi connectivity index (χ2n) is 6.46. The third-order valence-corrected chi connectivity index (χ3v) is 4.26. The Hall–Kier alpha value is -3.21. The van der Waals surface area contributed by atoms with Crippen molar-refractivity contribution in [3.8, 4) is 0 Å². The molecule has 3 rings (SSSR count). The zero-order valence-electron chi connectivity index (χ0n) is 15.4. The van der Waals surface area contributed by atoms with E-state index < -0.39 is 0 Å². The summed E-state index contributed by atoms with van der Waals surface area (Å²) in [7, 11) is 0. The van der Waals surface area contributed by atoms with Crippen molar-refractivity contribution >= 4 is 23.2 Å². The molecule has 0 radical (unpaired) electrons. The number of hydrogen-bond donors (Lipinski definition) is 2. The molecule has 0 fully saturated rings. The summed E-state index contributed by atoms with van der Waals surface area (Å²) in [4.78, 5) is 21.0. The van der Waals surface area contributed by atoms with Crippen LogP contribution in [0.2, 0.25) is 0 Å². The van der Waals surface area contributed by atoms with Crippen molar-refractivity contribution in [2.24, 2.45) is 0 Å². The van der Waals surface area contributed by atoms with Gasteiger partial charge in [0.2, 0.25) is 5.95 Å². The van der Waals surface area contributed by atoms with Crippen LogP contribution < -0.4 is 10.6 Å². The van der Waals surface area contributed by atoms with E-state index in [9.17, 15) is 4.79 Å². The highest BCUT2D eigenvalue weighted by Crippen LogP contribution is 2.22. The van der Waals surface area contributed by atoms with Crippen LogP contribution in [0.1, 0.15) is 32.6 Å². The number of rotatable bonds is 4. The summed E-state index contributed by atoms with van der Waals surface area (Å²) in [6.07, 6.45) is 3.06. The molecule has 0 saturated carbocycles. The summed E-state index contributed by atoms with van der Waals surface area (Å²) < 4.78 is 0. The molecule has 0 aliphatic carbocycles. The van der Waals surface area contributed by atoms with Gasteiger partial charge in [-0.05, 0) is 50.5 Å². The summed E-state index contributed by atoms with van der Waals surface area (Å²) in [6.45, 7) is 8.05. The maximum atomic E-state index is 12.4. The normalized spacial score (nSPS) is 10.5. The number of benzene rings is 2. The topological polar surface area (TPSA) is 66.9 Å². The quantitative estimate of drug-likeness (QED) is 0.718. The minimum absolute atomic E-state index is 0.226. The number of aromatic nitrogens is 2. The highest BCUT2D eigenvalue weighted by molar-refractivity contribution is 6.04. The summed E-state index contributed by atoms with van der Waals surface area (Å²) in [5.41, 5.74) is 6.60. The number of amides is 1. The van der Waals surface area contributed by atoms with Crippen molar-refractivity contribution in [1.29, 1.82) is 0 Å². The molecule has 1 heterocycles. The van der Waals surface area contributed by atoms with Crippen LogP contribution >= 0.6 is 0 Å². The minimum atomic E-state index is -0.226. The standard InChI is InChI=1S/C21H22N4O/c1-13-8-9-18(16(4)10-13)24-20(26)17-11-22-21(23-12-17)25-19-14(2)6-5-7-15(19)3/h5-12H,1-4H3,(H,24,26)(H,22,23,25). The summed E-state index contributed by atoms with van der Waals surface area (Å²) in [5.74, 6) is 0.237. The molecular formula is C21H22N4O. The van der Waals surface area contributed by atoms with Crippen molar-refractivity contribution in [2.45, 2.75) is 27.7 Å². The van der Waals surface area contributed by atoms with Crippen molar-refractivity contribution in [3.63, 3.8) is 0 Å². The Morgan fingerprint density at radius 2 is 1.54 bits per heavy atom. The number of anilines is 3. The molecule has 0 aliphatic heterocycles. The largest absolute Gasteiger partial charge is 0.324 e. The maximum Gasteiger partial charge on any atom is 0.258 e. The van der Waals surface area contributed by atoms with Crippen molar-refractivity contribution in [3.05, 3.63) is 76.6 Å². The molecule has 2 N–H and O–H groups in total. The van der Waals surface area contributed by atoms with Gasteiger partial charge in [-0.3, -0.25) is 4.79 Å². The van der Waals surface area contributed by atoms with Crippen molar-refractivity contribution in [1.82, 2.24) is 9.97 Å². The first-order valence-electron chi connectivity index (χ1n) is 8.48. The average molecular weight is 346 g/mol. The first kappa shape index (κ1) is 17.6. The van der Waals surface area contributed by atoms with Gasteiger partial charge in [0.1, 0.15) is 0 Å². The molecule has 0 atom stereocenters. The molecule has 5 nitrogen and oxygen atoms in total. The predicted molar refractivity (Wildman–Crippen MR) is 105 cm³/mol. The number of nitrogens with one attached hydrogen (secondary N) is 2. The highest BCUT2D eigenvalue weighted by Gasteiger charge is 2.10. The van der Waals surface area contributed by atoms with Gasteiger partial charge in [0, 0.05) is 23.8 Å². The van der Waals surface area contributed by atoms with Gasteiger partial charge in [0.25, 0.3) is 5.91 Å². The fourth-order valence-corrected chi connectivity index (χ4v) is 2.78. The van der Waals surface area contributed by atoms with Crippen LogP contribution in [0.25, 0.3) is 0 Å². The first-order chi connectivity index (χ1) is 12.4. The Labute approximate surface area is 153 Å². The Bertz CT molecular complexity index is 928. The summed E-state index contributed by atoms with van der Waals surface area (Å²) in [6, 6.07) is 12.0. The molecule has 5 heteroatoms. The number of para-hydroxylation sites is 1. The molecule has 0 spiro atoms. The van der Waals surface area contributed by atoms with Crippen molar-refractivity contribution in [2.75, 3.05) is 10.6 Å². The highest BCUT2D eigenvalue weighted by atomic mass is 16.1. The Morgan fingerprint density at radius 3 is 2.15 bits per heavy atom. The number of carbonyl (C=O) groups is 1. The van der Waals surface area contributed by atoms with Crippen LogP contribution in [0.5, 0.6) is 0 Å². The molecule has 0 aliphatic rings. The zero-order valence-corrected chi connectivity index (χ0v) is 15.4. The monoisotopic (exact) mass is 346 g/mol. The number of nitrogens with zero attached hydrogens (tertiary/aromatic N) is 2.